The zero-order valence-corrected chi connectivity index (χ0v) is 10.4. The highest BCUT2D eigenvalue weighted by Crippen LogP contribution is 2.30. The van der Waals surface area contributed by atoms with E-state index in [1.807, 2.05) is 25.9 Å². The van der Waals surface area contributed by atoms with Crippen LogP contribution in [0, 0.1) is 13.8 Å². The van der Waals surface area contributed by atoms with E-state index < -0.39 is 5.97 Å². The molecule has 0 aromatic carbocycles. The number of aliphatic carboxylic acids is 1. The minimum atomic E-state index is -0.753. The van der Waals surface area contributed by atoms with E-state index in [-0.39, 0.29) is 12.5 Å². The van der Waals surface area contributed by atoms with Gasteiger partial charge in [0.2, 0.25) is 0 Å². The van der Waals surface area contributed by atoms with Crippen LogP contribution >= 0.6 is 11.3 Å². The monoisotopic (exact) mass is 227 g/mol. The van der Waals surface area contributed by atoms with Gasteiger partial charge in [-0.2, -0.15) is 0 Å². The van der Waals surface area contributed by atoms with Crippen LogP contribution in [-0.2, 0) is 4.79 Å². The van der Waals surface area contributed by atoms with Crippen LogP contribution in [-0.4, -0.2) is 30.1 Å². The predicted molar refractivity (Wildman–Crippen MR) is 62.5 cm³/mol. The van der Waals surface area contributed by atoms with Gasteiger partial charge in [-0.25, -0.2) is 0 Å². The molecule has 1 aromatic rings. The number of aryl methyl sites for hydroxylation is 2. The van der Waals surface area contributed by atoms with Crippen LogP contribution < -0.4 is 0 Å². The largest absolute Gasteiger partial charge is 0.481 e. The number of carboxylic acids is 1. The maximum atomic E-state index is 10.8. The Bertz CT molecular complexity index is 357. The summed E-state index contributed by atoms with van der Waals surface area (Å²) in [6.07, 6.45) is 0.157. The van der Waals surface area contributed by atoms with E-state index in [2.05, 4.69) is 13.0 Å². The predicted octanol–water partition coefficient (Wildman–Crippen LogP) is 2.44. The van der Waals surface area contributed by atoms with Gasteiger partial charge in [-0.3, -0.25) is 4.79 Å². The van der Waals surface area contributed by atoms with Gasteiger partial charge in [0.05, 0.1) is 6.42 Å². The van der Waals surface area contributed by atoms with Crippen molar-refractivity contribution < 1.29 is 9.90 Å². The first-order valence-corrected chi connectivity index (χ1v) is 5.68. The van der Waals surface area contributed by atoms with Gasteiger partial charge in [-0.05, 0) is 39.6 Å². The molecule has 0 radical (unpaired) electrons. The smallest absolute Gasteiger partial charge is 0.305 e. The third-order valence-corrected chi connectivity index (χ3v) is 3.41. The van der Waals surface area contributed by atoms with Gasteiger partial charge in [0.1, 0.15) is 0 Å². The fraction of sp³-hybridized carbons (Fsp3) is 0.545. The molecule has 1 heterocycles. The molecule has 0 spiro atoms. The van der Waals surface area contributed by atoms with Crippen LogP contribution in [0.1, 0.15) is 27.8 Å². The molecule has 4 heteroatoms. The van der Waals surface area contributed by atoms with E-state index in [0.717, 1.165) is 5.56 Å². The summed E-state index contributed by atoms with van der Waals surface area (Å²) in [6.45, 7) is 4.10. The molecule has 1 unspecified atom stereocenters. The highest BCUT2D eigenvalue weighted by Gasteiger charge is 2.20. The van der Waals surface area contributed by atoms with Gasteiger partial charge in [0.15, 0.2) is 0 Å². The summed E-state index contributed by atoms with van der Waals surface area (Å²) in [4.78, 5) is 15.2. The number of thiophene rings is 1. The Labute approximate surface area is 94.3 Å². The van der Waals surface area contributed by atoms with Crippen molar-refractivity contribution in [2.45, 2.75) is 26.3 Å². The average molecular weight is 227 g/mol. The van der Waals surface area contributed by atoms with Crippen molar-refractivity contribution in [3.63, 3.8) is 0 Å². The minimum Gasteiger partial charge on any atom is -0.481 e. The van der Waals surface area contributed by atoms with Gasteiger partial charge in [-0.1, -0.05) is 0 Å². The highest BCUT2D eigenvalue weighted by atomic mass is 32.1. The highest BCUT2D eigenvalue weighted by molar-refractivity contribution is 7.12. The number of carbonyl (C=O) groups is 1. The van der Waals surface area contributed by atoms with Crippen molar-refractivity contribution in [3.8, 4) is 0 Å². The first-order chi connectivity index (χ1) is 6.91. The van der Waals surface area contributed by atoms with Crippen LogP contribution in [0.5, 0.6) is 0 Å². The van der Waals surface area contributed by atoms with Crippen molar-refractivity contribution in [1.82, 2.24) is 4.90 Å². The lowest BCUT2D eigenvalue weighted by Crippen LogP contribution is -2.22. The Hall–Kier alpha value is -0.870. The fourth-order valence-electron chi connectivity index (χ4n) is 1.72. The second-order valence-corrected chi connectivity index (χ2v) is 5.41. The molecule has 0 saturated carbocycles. The summed E-state index contributed by atoms with van der Waals surface area (Å²) in [7, 11) is 3.83. The molecule has 84 valence electrons. The molecule has 0 fully saturated rings. The molecule has 1 N–H and O–H groups in total. The molecule has 0 bridgehead atoms. The van der Waals surface area contributed by atoms with Crippen molar-refractivity contribution in [1.29, 1.82) is 0 Å². The summed E-state index contributed by atoms with van der Waals surface area (Å²) >= 11 is 1.72. The quantitative estimate of drug-likeness (QED) is 0.859. The minimum absolute atomic E-state index is 0.0209. The second kappa shape index (κ2) is 4.77. The van der Waals surface area contributed by atoms with Crippen LogP contribution in [0.4, 0.5) is 0 Å². The molecular formula is C11H17NO2S. The van der Waals surface area contributed by atoms with Gasteiger partial charge >= 0.3 is 5.97 Å². The molecule has 0 saturated heterocycles. The summed E-state index contributed by atoms with van der Waals surface area (Å²) in [5.74, 6) is -0.753. The molecule has 1 rings (SSSR count). The lowest BCUT2D eigenvalue weighted by atomic mass is 10.0. The Morgan fingerprint density at radius 2 is 2.13 bits per heavy atom. The Kier molecular flexibility index (Phi) is 3.88. The number of nitrogens with zero attached hydrogens (tertiary/aromatic N) is 1. The summed E-state index contributed by atoms with van der Waals surface area (Å²) < 4.78 is 0. The molecule has 0 aliphatic heterocycles. The molecule has 1 atom stereocenters. The zero-order chi connectivity index (χ0) is 11.6. The van der Waals surface area contributed by atoms with E-state index >= 15 is 0 Å². The second-order valence-electron chi connectivity index (χ2n) is 3.95. The van der Waals surface area contributed by atoms with Crippen molar-refractivity contribution in [3.05, 3.63) is 21.4 Å². The molecular weight excluding hydrogens is 210 g/mol. The van der Waals surface area contributed by atoms with Crippen molar-refractivity contribution in [2.24, 2.45) is 0 Å². The number of rotatable bonds is 4. The summed E-state index contributed by atoms with van der Waals surface area (Å²) in [5.41, 5.74) is 1.14. The van der Waals surface area contributed by atoms with Crippen LogP contribution in [0.3, 0.4) is 0 Å². The fourth-order valence-corrected chi connectivity index (χ4v) is 2.70. The molecule has 0 amide bonds. The molecule has 1 aromatic heterocycles. The number of carboxylic acid groups (broad SMARTS) is 1. The maximum absolute atomic E-state index is 10.8. The SMILES string of the molecule is Cc1cc(C(CC(=O)O)N(C)C)c(C)s1. The standard InChI is InChI=1S/C11H17NO2S/c1-7-5-9(8(2)15-7)10(12(3)4)6-11(13)14/h5,10H,6H2,1-4H3,(H,13,14). The number of hydrogen-bond acceptors (Lipinski definition) is 3. The van der Waals surface area contributed by atoms with Gasteiger partial charge < -0.3 is 10.0 Å². The van der Waals surface area contributed by atoms with Crippen molar-refractivity contribution >= 4 is 17.3 Å². The maximum Gasteiger partial charge on any atom is 0.305 e. The van der Waals surface area contributed by atoms with E-state index in [1.165, 1.54) is 9.75 Å². The third-order valence-electron chi connectivity index (χ3n) is 2.43. The topological polar surface area (TPSA) is 40.5 Å². The number of hydrogen-bond donors (Lipinski definition) is 1. The zero-order valence-electron chi connectivity index (χ0n) is 9.57. The molecule has 3 nitrogen and oxygen atoms in total. The third kappa shape index (κ3) is 3.04. The van der Waals surface area contributed by atoms with Gasteiger partial charge in [0, 0.05) is 15.8 Å². The van der Waals surface area contributed by atoms with Gasteiger partial charge in [-0.15, -0.1) is 11.3 Å². The first kappa shape index (κ1) is 12.2. The Morgan fingerprint density at radius 1 is 1.53 bits per heavy atom. The van der Waals surface area contributed by atoms with Gasteiger partial charge in [0.25, 0.3) is 0 Å². The lowest BCUT2D eigenvalue weighted by molar-refractivity contribution is -0.138. The Morgan fingerprint density at radius 3 is 2.47 bits per heavy atom. The van der Waals surface area contributed by atoms with E-state index in [4.69, 9.17) is 5.11 Å². The lowest BCUT2D eigenvalue weighted by Gasteiger charge is -2.22. The molecule has 15 heavy (non-hydrogen) atoms. The normalized spacial score (nSPS) is 13.1. The Balaban J connectivity index is 2.98. The summed E-state index contributed by atoms with van der Waals surface area (Å²) in [5, 5.41) is 8.87. The average Bonchev–Trinajstić information content (AvgIpc) is 2.40. The molecule has 0 aliphatic carbocycles. The summed E-state index contributed by atoms with van der Waals surface area (Å²) in [6, 6.07) is 2.07. The first-order valence-electron chi connectivity index (χ1n) is 4.87. The van der Waals surface area contributed by atoms with Crippen molar-refractivity contribution in [2.75, 3.05) is 14.1 Å². The van der Waals surface area contributed by atoms with Crippen LogP contribution in [0.25, 0.3) is 0 Å². The van der Waals surface area contributed by atoms with E-state index in [0.29, 0.717) is 0 Å². The van der Waals surface area contributed by atoms with E-state index in [1.54, 1.807) is 11.3 Å². The van der Waals surface area contributed by atoms with Crippen LogP contribution in [0.2, 0.25) is 0 Å². The van der Waals surface area contributed by atoms with Crippen LogP contribution in [0.15, 0.2) is 6.07 Å². The molecule has 0 aliphatic rings. The van der Waals surface area contributed by atoms with E-state index in [9.17, 15) is 4.79 Å².